The second-order valence-corrected chi connectivity index (χ2v) is 7.41. The van der Waals surface area contributed by atoms with Crippen LogP contribution in [0, 0.1) is 5.92 Å². The Balaban J connectivity index is 3.11. The molecule has 0 saturated heterocycles. The van der Waals surface area contributed by atoms with Crippen molar-refractivity contribution < 1.29 is 8.42 Å². The summed E-state index contributed by atoms with van der Waals surface area (Å²) in [7, 11) is -1.54. The van der Waals surface area contributed by atoms with Crippen LogP contribution in [0.3, 0.4) is 0 Å². The maximum atomic E-state index is 12.4. The molecule has 0 aliphatic carbocycles. The van der Waals surface area contributed by atoms with Gasteiger partial charge in [0.2, 0.25) is 10.0 Å². The van der Waals surface area contributed by atoms with E-state index in [4.69, 9.17) is 0 Å². The molecule has 5 heteroatoms. The van der Waals surface area contributed by atoms with Gasteiger partial charge in [0.15, 0.2) is 0 Å². The molecule has 0 aliphatic rings. The van der Waals surface area contributed by atoms with Gasteiger partial charge in [-0.1, -0.05) is 32.0 Å². The number of rotatable bonds is 7. The number of sulfonamides is 1. The fourth-order valence-corrected chi connectivity index (χ4v) is 3.72. The van der Waals surface area contributed by atoms with Crippen molar-refractivity contribution in [2.24, 2.45) is 5.92 Å². The van der Waals surface area contributed by atoms with Crippen molar-refractivity contribution in [3.63, 3.8) is 0 Å². The van der Waals surface area contributed by atoms with Gasteiger partial charge in [0, 0.05) is 12.1 Å². The Morgan fingerprint density at radius 3 is 2.20 bits per heavy atom. The minimum absolute atomic E-state index is 0.113. The molecular weight excluding hydrogens is 272 g/mol. The van der Waals surface area contributed by atoms with Crippen molar-refractivity contribution >= 4 is 10.0 Å². The van der Waals surface area contributed by atoms with Crippen molar-refractivity contribution in [2.75, 3.05) is 7.05 Å². The van der Waals surface area contributed by atoms with Crippen molar-refractivity contribution in [1.82, 2.24) is 10.0 Å². The highest BCUT2D eigenvalue weighted by Crippen LogP contribution is 2.19. The molecule has 1 aromatic rings. The monoisotopic (exact) mass is 298 g/mol. The predicted octanol–water partition coefficient (Wildman–Crippen LogP) is 2.16. The molecule has 0 aliphatic heterocycles. The first-order valence-electron chi connectivity index (χ1n) is 7.05. The van der Waals surface area contributed by atoms with Crippen molar-refractivity contribution in [1.29, 1.82) is 0 Å². The third-order valence-corrected chi connectivity index (χ3v) is 5.03. The Kier molecular flexibility index (Phi) is 6.17. The molecule has 4 nitrogen and oxygen atoms in total. The smallest absolute Gasteiger partial charge is 0.241 e. The lowest BCUT2D eigenvalue weighted by Gasteiger charge is -2.22. The average molecular weight is 298 g/mol. The van der Waals surface area contributed by atoms with Gasteiger partial charge in [0.25, 0.3) is 0 Å². The van der Waals surface area contributed by atoms with E-state index in [0.717, 1.165) is 5.56 Å². The van der Waals surface area contributed by atoms with Gasteiger partial charge >= 0.3 is 0 Å². The highest BCUT2D eigenvalue weighted by Gasteiger charge is 2.21. The highest BCUT2D eigenvalue weighted by atomic mass is 32.2. The van der Waals surface area contributed by atoms with Crippen LogP contribution in [0.25, 0.3) is 0 Å². The fraction of sp³-hybridized carbons (Fsp3) is 0.600. The van der Waals surface area contributed by atoms with Crippen LogP contribution in [0.5, 0.6) is 0 Å². The Morgan fingerprint density at radius 2 is 1.70 bits per heavy atom. The lowest BCUT2D eigenvalue weighted by molar-refractivity contribution is 0.422. The van der Waals surface area contributed by atoms with Gasteiger partial charge in [-0.15, -0.1) is 0 Å². The Hall–Kier alpha value is -0.910. The van der Waals surface area contributed by atoms with Crippen LogP contribution in [-0.4, -0.2) is 27.5 Å². The van der Waals surface area contributed by atoms with Crippen LogP contribution >= 0.6 is 0 Å². The van der Waals surface area contributed by atoms with Gasteiger partial charge in [-0.05, 0) is 44.9 Å². The lowest BCUT2D eigenvalue weighted by Crippen LogP contribution is -2.35. The molecule has 1 atom stereocenters. The van der Waals surface area contributed by atoms with E-state index in [2.05, 4.69) is 23.9 Å². The van der Waals surface area contributed by atoms with Gasteiger partial charge in [-0.2, -0.15) is 0 Å². The second-order valence-electron chi connectivity index (χ2n) is 5.73. The molecule has 114 valence electrons. The number of hydrogen-bond acceptors (Lipinski definition) is 3. The zero-order valence-corrected chi connectivity index (χ0v) is 13.8. The fourth-order valence-electron chi connectivity index (χ4n) is 2.22. The van der Waals surface area contributed by atoms with E-state index < -0.39 is 10.0 Å². The van der Waals surface area contributed by atoms with E-state index >= 15 is 0 Å². The van der Waals surface area contributed by atoms with Crippen molar-refractivity contribution in [2.45, 2.75) is 51.1 Å². The molecule has 0 fully saturated rings. The number of hydrogen-bond donors (Lipinski definition) is 2. The van der Waals surface area contributed by atoms with E-state index in [1.807, 2.05) is 33.0 Å². The molecule has 0 amide bonds. The van der Waals surface area contributed by atoms with Crippen LogP contribution < -0.4 is 10.0 Å². The van der Waals surface area contributed by atoms with Gasteiger partial charge in [-0.3, -0.25) is 0 Å². The zero-order valence-electron chi connectivity index (χ0n) is 13.0. The average Bonchev–Trinajstić information content (AvgIpc) is 2.34. The summed E-state index contributed by atoms with van der Waals surface area (Å²) < 4.78 is 27.4. The van der Waals surface area contributed by atoms with Crippen molar-refractivity contribution in [3.8, 4) is 0 Å². The van der Waals surface area contributed by atoms with Crippen LogP contribution in [0.4, 0.5) is 0 Å². The summed E-state index contributed by atoms with van der Waals surface area (Å²) in [5, 5.41) is 3.25. The van der Waals surface area contributed by atoms with E-state index in [1.54, 1.807) is 12.1 Å². The summed E-state index contributed by atoms with van der Waals surface area (Å²) in [6.45, 7) is 7.91. The molecule has 0 spiro atoms. The quantitative estimate of drug-likeness (QED) is 0.811. The Bertz CT molecular complexity index is 524. The largest absolute Gasteiger partial charge is 0.316 e. The maximum absolute atomic E-state index is 12.4. The molecule has 0 bridgehead atoms. The standard InChI is InChI=1S/C15H26N2O2S/c1-11(2)14(16-5)10-13-8-6-7-9-15(13)20(18,19)17-12(3)4/h6-9,11-12,14,16-17H,10H2,1-5H3. The first-order valence-corrected chi connectivity index (χ1v) is 8.53. The van der Waals surface area contributed by atoms with E-state index in [-0.39, 0.29) is 12.1 Å². The maximum Gasteiger partial charge on any atom is 0.241 e. The first-order chi connectivity index (χ1) is 9.27. The molecule has 0 saturated carbocycles. The number of likely N-dealkylation sites (N-methyl/N-ethyl adjacent to an activating group) is 1. The number of nitrogens with one attached hydrogen (secondary N) is 2. The van der Waals surface area contributed by atoms with E-state index in [1.165, 1.54) is 0 Å². The first kappa shape index (κ1) is 17.1. The van der Waals surface area contributed by atoms with Crippen molar-refractivity contribution in [3.05, 3.63) is 29.8 Å². The lowest BCUT2D eigenvalue weighted by atomic mass is 9.97. The Labute approximate surface area is 123 Å². The molecule has 0 radical (unpaired) electrons. The summed E-state index contributed by atoms with van der Waals surface area (Å²) >= 11 is 0. The normalized spacial score (nSPS) is 13.9. The molecule has 1 rings (SSSR count). The topological polar surface area (TPSA) is 58.2 Å². The Morgan fingerprint density at radius 1 is 1.10 bits per heavy atom. The zero-order chi connectivity index (χ0) is 15.3. The highest BCUT2D eigenvalue weighted by molar-refractivity contribution is 7.89. The van der Waals surface area contributed by atoms with Crippen LogP contribution in [0.1, 0.15) is 33.3 Å². The minimum atomic E-state index is -3.45. The molecule has 1 aromatic carbocycles. The third kappa shape index (κ3) is 4.58. The molecule has 20 heavy (non-hydrogen) atoms. The summed E-state index contributed by atoms with van der Waals surface area (Å²) in [5.41, 5.74) is 0.855. The van der Waals surface area contributed by atoms with Crippen LogP contribution in [0.15, 0.2) is 29.2 Å². The molecule has 2 N–H and O–H groups in total. The predicted molar refractivity (Wildman–Crippen MR) is 83.3 cm³/mol. The second kappa shape index (κ2) is 7.20. The van der Waals surface area contributed by atoms with Gasteiger partial charge in [0.1, 0.15) is 0 Å². The third-order valence-electron chi connectivity index (χ3n) is 3.27. The van der Waals surface area contributed by atoms with Gasteiger partial charge < -0.3 is 5.32 Å². The van der Waals surface area contributed by atoms with E-state index in [9.17, 15) is 8.42 Å². The molecule has 0 heterocycles. The summed E-state index contributed by atoms with van der Waals surface area (Å²) in [6, 6.07) is 7.36. The van der Waals surface area contributed by atoms with Crippen LogP contribution in [0.2, 0.25) is 0 Å². The number of benzene rings is 1. The van der Waals surface area contributed by atoms with Crippen LogP contribution in [-0.2, 0) is 16.4 Å². The summed E-state index contributed by atoms with van der Waals surface area (Å²) in [4.78, 5) is 0.384. The van der Waals surface area contributed by atoms with Gasteiger partial charge in [0.05, 0.1) is 4.90 Å². The van der Waals surface area contributed by atoms with Gasteiger partial charge in [-0.25, -0.2) is 13.1 Å². The summed E-state index contributed by atoms with van der Waals surface area (Å²) in [5.74, 6) is 0.439. The molecular formula is C15H26N2O2S. The van der Waals surface area contributed by atoms with E-state index in [0.29, 0.717) is 17.2 Å². The SMILES string of the molecule is CNC(Cc1ccccc1S(=O)(=O)NC(C)C)C(C)C. The minimum Gasteiger partial charge on any atom is -0.316 e. The molecule has 0 aromatic heterocycles. The summed E-state index contributed by atoms with van der Waals surface area (Å²) in [6.07, 6.45) is 0.698. The molecule has 1 unspecified atom stereocenters.